The zero-order valence-electron chi connectivity index (χ0n) is 90.6. The Balaban J connectivity index is 0.000000181. The maximum absolute atomic E-state index is 10.9. The highest BCUT2D eigenvalue weighted by atomic mass is 16.5. The van der Waals surface area contributed by atoms with Gasteiger partial charge in [0.05, 0.1) is 36.1 Å². The number of nitrogens with zero attached hydrogens (tertiary/aromatic N) is 13. The minimum atomic E-state index is 0.324. The van der Waals surface area contributed by atoms with E-state index in [2.05, 4.69) is 408 Å². The fourth-order valence-electron chi connectivity index (χ4n) is 16.1. The molecular weight excluding hydrogens is 1770 g/mol. The van der Waals surface area contributed by atoms with Crippen LogP contribution in [0.1, 0.15) is 298 Å². The highest BCUT2D eigenvalue weighted by Gasteiger charge is 2.22. The number of methoxy groups -OCH3 is 1. The average Bonchev–Trinajstić information content (AvgIpc) is 0.995. The standard InChI is InChI=1S/2C16H16N2.C16H19NO.2C16H19N.C15H17N.C14H16N2.C12H15N3.C7H13NO/c1-11(2)16-9-15(8-12(3)18-16)14-6-4-13(10-17)5-7-14;1-11(2)16-9-15(7-12(3)18-16)14-6-4-5-13(8-14)10-17;1-11(2)16-10-14(8-12(3)17-16)13-6-5-7-15(9-13)18-4;1-11(2)16-10-15(9-13(4)17-16)14-7-5-6-12(3)8-14;1-11(2)16-10-14(9-13(4)17-16)15-8-6-5-7-12(15)3;1-11(2)15-10-14(9-12(3)16-15)13-7-5-4-6-8-13;1-10(2)14-9-13(8-11(3)16-14)12-4-6-15-7-5-12;1-8(2)12-7-10(6-9(3)14-12)11-4-5-13-15-11;1-6(2)8-5-3-4-7(8)9/h2*4-9,11H,1-3H3;5-11H,1-4H3;2*5-11H,1-4H3;4-11H,1-3H3;4-10H,1-3H3;4-8H,1-3H3,(H,13,15);6H,3-5H2,1-2H3. The topological polar surface area (TPSA) is 222 Å². The number of pyridine rings is 9. The van der Waals surface area contributed by atoms with Crippen LogP contribution in [-0.4, -0.2) is 85.6 Å². The van der Waals surface area contributed by atoms with Crippen molar-refractivity contribution in [1.29, 1.82) is 10.5 Å². The van der Waals surface area contributed by atoms with E-state index in [1.807, 2.05) is 137 Å². The third-order valence-electron chi connectivity index (χ3n) is 24.1. The van der Waals surface area contributed by atoms with E-state index in [4.69, 9.17) is 15.3 Å². The number of nitrogens with one attached hydrogen (secondary N) is 1. The summed E-state index contributed by atoms with van der Waals surface area (Å²) in [6, 6.07) is 95.9. The van der Waals surface area contributed by atoms with Crippen molar-refractivity contribution in [2.45, 2.75) is 260 Å². The van der Waals surface area contributed by atoms with E-state index in [0.717, 1.165) is 133 Å². The summed E-state index contributed by atoms with van der Waals surface area (Å²) in [5.41, 5.74) is 40.7. The third kappa shape index (κ3) is 35.4. The lowest BCUT2D eigenvalue weighted by Gasteiger charge is -2.19. The summed E-state index contributed by atoms with van der Waals surface area (Å²) in [7, 11) is 1.69. The molecule has 0 saturated carbocycles. The Morgan fingerprint density at radius 3 is 0.972 bits per heavy atom. The van der Waals surface area contributed by atoms with E-state index in [1.54, 1.807) is 13.3 Å². The van der Waals surface area contributed by atoms with Gasteiger partial charge in [0, 0.05) is 134 Å². The van der Waals surface area contributed by atoms with Crippen LogP contribution in [0.2, 0.25) is 0 Å². The number of H-pyrrole nitrogens is 1. The van der Waals surface area contributed by atoms with Crippen LogP contribution in [-0.2, 0) is 4.79 Å². The number of aryl methyl sites for hydroxylation is 10. The summed E-state index contributed by atoms with van der Waals surface area (Å²) in [5.74, 6) is 4.79. The van der Waals surface area contributed by atoms with Gasteiger partial charge in [0.25, 0.3) is 0 Å². The van der Waals surface area contributed by atoms with Crippen LogP contribution in [0.4, 0.5) is 0 Å². The van der Waals surface area contributed by atoms with E-state index >= 15 is 0 Å². The van der Waals surface area contributed by atoms with Crippen LogP contribution in [0.3, 0.4) is 0 Å². The number of nitriles is 2. The van der Waals surface area contributed by atoms with Gasteiger partial charge in [-0.15, -0.1) is 0 Å². The molecule has 1 N–H and O–H groups in total. The molecule has 10 aromatic heterocycles. The molecule has 6 aromatic carbocycles. The molecule has 1 saturated heterocycles. The molecule has 16 nitrogen and oxygen atoms in total. The number of carbonyl (C=O) groups excluding carboxylic acids is 1. The van der Waals surface area contributed by atoms with Crippen LogP contribution in [0, 0.1) is 91.9 Å². The Morgan fingerprint density at radius 1 is 0.299 bits per heavy atom. The summed E-state index contributed by atoms with van der Waals surface area (Å²) < 4.78 is 5.27. The van der Waals surface area contributed by atoms with Crippen molar-refractivity contribution < 1.29 is 9.53 Å². The summed E-state index contributed by atoms with van der Waals surface area (Å²) in [4.78, 5) is 53.3. The van der Waals surface area contributed by atoms with Crippen LogP contribution < -0.4 is 4.74 Å². The number of amides is 1. The predicted molar refractivity (Wildman–Crippen MR) is 599 cm³/mol. The maximum Gasteiger partial charge on any atom is 0.222 e. The quantitative estimate of drug-likeness (QED) is 0.0844. The first-order valence-electron chi connectivity index (χ1n) is 50.6. The van der Waals surface area contributed by atoms with E-state index in [0.29, 0.717) is 70.4 Å². The van der Waals surface area contributed by atoms with Crippen molar-refractivity contribution in [2.75, 3.05) is 13.7 Å². The molecule has 0 spiro atoms. The molecule has 144 heavy (non-hydrogen) atoms. The van der Waals surface area contributed by atoms with Crippen LogP contribution >= 0.6 is 0 Å². The van der Waals surface area contributed by atoms with Crippen LogP contribution in [0.25, 0.3) is 89.1 Å². The van der Waals surface area contributed by atoms with Crippen molar-refractivity contribution in [3.63, 3.8) is 0 Å². The molecule has 744 valence electrons. The van der Waals surface area contributed by atoms with Gasteiger partial charge < -0.3 is 9.64 Å². The zero-order valence-corrected chi connectivity index (χ0v) is 90.6. The molecular formula is C128H150N14O2. The van der Waals surface area contributed by atoms with Crippen molar-refractivity contribution in [2.24, 2.45) is 0 Å². The van der Waals surface area contributed by atoms with Gasteiger partial charge in [0.2, 0.25) is 5.91 Å². The van der Waals surface area contributed by atoms with Gasteiger partial charge >= 0.3 is 0 Å². The predicted octanol–water partition coefficient (Wildman–Crippen LogP) is 32.9. The number of aromatic amines is 1. The van der Waals surface area contributed by atoms with Gasteiger partial charge in [0.15, 0.2) is 0 Å². The largest absolute Gasteiger partial charge is 0.497 e. The molecule has 11 heterocycles. The summed E-state index contributed by atoms with van der Waals surface area (Å²) in [5, 5.41) is 24.7. The highest BCUT2D eigenvalue weighted by Crippen LogP contribution is 2.34. The minimum Gasteiger partial charge on any atom is -0.497 e. The number of likely N-dealkylation sites (tertiary alicyclic amines) is 1. The first-order chi connectivity index (χ1) is 68.6. The number of ether oxygens (including phenoxy) is 1. The molecule has 1 aliphatic rings. The second-order valence-corrected chi connectivity index (χ2v) is 39.8. The highest BCUT2D eigenvalue weighted by molar-refractivity contribution is 5.78. The second kappa shape index (κ2) is 55.5. The Hall–Kier alpha value is -14.9. The first kappa shape index (κ1) is 113. The van der Waals surface area contributed by atoms with Gasteiger partial charge in [-0.3, -0.25) is 54.7 Å². The number of rotatable bonds is 18. The molecule has 0 aliphatic carbocycles. The fraction of sp³-hybridized carbons (Fsp3) is 0.320. The van der Waals surface area contributed by atoms with Gasteiger partial charge in [-0.05, 0) is 372 Å². The second-order valence-electron chi connectivity index (χ2n) is 39.8. The molecule has 0 unspecified atom stereocenters. The monoisotopic (exact) mass is 1920 g/mol. The van der Waals surface area contributed by atoms with Gasteiger partial charge in [-0.1, -0.05) is 232 Å². The van der Waals surface area contributed by atoms with Crippen molar-refractivity contribution in [3.8, 4) is 107 Å². The van der Waals surface area contributed by atoms with E-state index < -0.39 is 0 Å². The minimum absolute atomic E-state index is 0.324. The zero-order chi connectivity index (χ0) is 105. The van der Waals surface area contributed by atoms with Crippen molar-refractivity contribution in [3.05, 3.63) is 399 Å². The lowest BCUT2D eigenvalue weighted by atomic mass is 9.98. The SMILES string of the molecule is CC(C)N1CCCC1=O.COc1cccc(-c2cc(C)nc(C(C)C)c2)c1.Cc1cc(-c2ccc(C#N)cc2)cc(C(C)C)n1.Cc1cc(-c2cccc(C#N)c2)cc(C(C)C)n1.Cc1cc(-c2ccccc2)cc(C(C)C)n1.Cc1cc(-c2ccccc2C)cc(C(C)C)n1.Cc1cc(-c2ccn[nH]2)cc(C(C)C)n1.Cc1cc(-c2ccncc2)cc(C(C)C)n1.Cc1cccc(-c2cc(C)nc(C(C)C)c2)c1. The van der Waals surface area contributed by atoms with E-state index in [-0.39, 0.29) is 0 Å². The Labute approximate surface area is 860 Å². The Kier molecular flexibility index (Phi) is 43.5. The van der Waals surface area contributed by atoms with Crippen molar-refractivity contribution in [1.82, 2.24) is 60.0 Å². The Bertz CT molecular complexity index is 6790. The molecule has 17 rings (SSSR count). The number of aromatic nitrogens is 11. The fourth-order valence-corrected chi connectivity index (χ4v) is 16.1. The summed E-state index contributed by atoms with van der Waals surface area (Å²) >= 11 is 0. The van der Waals surface area contributed by atoms with Crippen LogP contribution in [0.5, 0.6) is 5.75 Å². The van der Waals surface area contributed by atoms with Gasteiger partial charge in [0.1, 0.15) is 5.75 Å². The smallest absolute Gasteiger partial charge is 0.222 e. The molecule has 1 aliphatic heterocycles. The molecule has 1 amide bonds. The number of hydrogen-bond donors (Lipinski definition) is 1. The maximum atomic E-state index is 10.9. The molecule has 0 atom stereocenters. The van der Waals surface area contributed by atoms with Crippen molar-refractivity contribution >= 4 is 5.91 Å². The number of hydrogen-bond acceptors (Lipinski definition) is 14. The lowest BCUT2D eigenvalue weighted by molar-refractivity contribution is -0.129. The molecule has 16 aromatic rings. The van der Waals surface area contributed by atoms with Crippen LogP contribution in [0.15, 0.2) is 286 Å². The van der Waals surface area contributed by atoms with Gasteiger partial charge in [-0.2, -0.15) is 15.6 Å². The normalized spacial score (nSPS) is 11.3. The van der Waals surface area contributed by atoms with Gasteiger partial charge in [-0.25, -0.2) is 0 Å². The van der Waals surface area contributed by atoms with E-state index in [1.165, 1.54) is 83.8 Å². The third-order valence-corrected chi connectivity index (χ3v) is 24.1. The average molecular weight is 1920 g/mol. The molecule has 0 bridgehead atoms. The lowest BCUT2D eigenvalue weighted by Crippen LogP contribution is -2.31. The van der Waals surface area contributed by atoms with E-state index in [9.17, 15) is 4.79 Å². The molecule has 1 fully saturated rings. The molecule has 0 radical (unpaired) electrons. The first-order valence-corrected chi connectivity index (χ1v) is 50.6. The Morgan fingerprint density at radius 2 is 0.625 bits per heavy atom. The number of carbonyl (C=O) groups is 1. The number of benzene rings is 6. The molecule has 16 heteroatoms. The summed E-state index contributed by atoms with van der Waals surface area (Å²) in [6.45, 7) is 60.3. The summed E-state index contributed by atoms with van der Waals surface area (Å²) in [6.07, 6.45) is 7.22.